The SMILES string of the molecule is Fc1cc(F)c(NC2=NCCC2)cc1F. The summed E-state index contributed by atoms with van der Waals surface area (Å²) in [5.41, 5.74) is -0.0745. The lowest BCUT2D eigenvalue weighted by Gasteiger charge is -2.07. The van der Waals surface area contributed by atoms with E-state index in [1.54, 1.807) is 0 Å². The van der Waals surface area contributed by atoms with Gasteiger partial charge in [0, 0.05) is 25.1 Å². The zero-order chi connectivity index (χ0) is 10.8. The van der Waals surface area contributed by atoms with Crippen LogP contribution in [0.1, 0.15) is 12.8 Å². The second kappa shape index (κ2) is 3.92. The number of nitrogens with one attached hydrogen (secondary N) is 1. The van der Waals surface area contributed by atoms with E-state index in [9.17, 15) is 13.2 Å². The largest absolute Gasteiger partial charge is 0.342 e. The Labute approximate surface area is 84.8 Å². The molecule has 0 aromatic heterocycles. The number of anilines is 1. The van der Waals surface area contributed by atoms with Crippen molar-refractivity contribution in [1.29, 1.82) is 0 Å². The molecule has 1 aliphatic heterocycles. The molecule has 0 aliphatic carbocycles. The molecule has 80 valence electrons. The number of hydrogen-bond donors (Lipinski definition) is 1. The van der Waals surface area contributed by atoms with E-state index < -0.39 is 17.5 Å². The van der Waals surface area contributed by atoms with Gasteiger partial charge in [-0.15, -0.1) is 0 Å². The highest BCUT2D eigenvalue weighted by Crippen LogP contribution is 2.19. The van der Waals surface area contributed by atoms with Crippen molar-refractivity contribution in [2.45, 2.75) is 12.8 Å². The maximum absolute atomic E-state index is 13.2. The van der Waals surface area contributed by atoms with E-state index in [0.29, 0.717) is 24.9 Å². The number of aliphatic imine (C=N–C) groups is 1. The maximum atomic E-state index is 13.2. The van der Waals surface area contributed by atoms with Gasteiger partial charge in [-0.2, -0.15) is 0 Å². The van der Waals surface area contributed by atoms with E-state index in [0.717, 1.165) is 12.5 Å². The van der Waals surface area contributed by atoms with Gasteiger partial charge in [0.15, 0.2) is 11.6 Å². The third kappa shape index (κ3) is 2.11. The molecule has 0 fully saturated rings. The Balaban J connectivity index is 2.24. The highest BCUT2D eigenvalue weighted by molar-refractivity contribution is 5.96. The average Bonchev–Trinajstić information content (AvgIpc) is 2.67. The molecular weight excluding hydrogens is 205 g/mol. The van der Waals surface area contributed by atoms with Crippen molar-refractivity contribution in [3.05, 3.63) is 29.6 Å². The minimum atomic E-state index is -1.19. The van der Waals surface area contributed by atoms with Crippen LogP contribution in [0.25, 0.3) is 0 Å². The van der Waals surface area contributed by atoms with Crippen LogP contribution < -0.4 is 5.32 Å². The molecule has 1 N–H and O–H groups in total. The fourth-order valence-electron chi connectivity index (χ4n) is 1.42. The van der Waals surface area contributed by atoms with Crippen LogP contribution in [0.3, 0.4) is 0 Å². The van der Waals surface area contributed by atoms with Gasteiger partial charge < -0.3 is 5.32 Å². The maximum Gasteiger partial charge on any atom is 0.161 e. The van der Waals surface area contributed by atoms with E-state index in [-0.39, 0.29) is 5.69 Å². The smallest absolute Gasteiger partial charge is 0.161 e. The van der Waals surface area contributed by atoms with Gasteiger partial charge in [0.2, 0.25) is 0 Å². The van der Waals surface area contributed by atoms with Crippen LogP contribution in [0.15, 0.2) is 17.1 Å². The molecule has 1 aliphatic rings. The summed E-state index contributed by atoms with van der Waals surface area (Å²) in [4.78, 5) is 4.05. The first-order valence-corrected chi connectivity index (χ1v) is 4.62. The van der Waals surface area contributed by atoms with Gasteiger partial charge in [-0.05, 0) is 6.42 Å². The van der Waals surface area contributed by atoms with Crippen molar-refractivity contribution < 1.29 is 13.2 Å². The number of amidine groups is 1. The molecule has 1 heterocycles. The van der Waals surface area contributed by atoms with Gasteiger partial charge >= 0.3 is 0 Å². The van der Waals surface area contributed by atoms with Crippen molar-refractivity contribution in [2.75, 3.05) is 11.9 Å². The number of benzene rings is 1. The number of nitrogens with zero attached hydrogens (tertiary/aromatic N) is 1. The van der Waals surface area contributed by atoms with E-state index in [1.807, 2.05) is 0 Å². The molecule has 2 rings (SSSR count). The van der Waals surface area contributed by atoms with Crippen molar-refractivity contribution in [3.8, 4) is 0 Å². The predicted molar refractivity (Wildman–Crippen MR) is 51.5 cm³/mol. The highest BCUT2D eigenvalue weighted by atomic mass is 19.2. The lowest BCUT2D eigenvalue weighted by molar-refractivity contribution is 0.496. The summed E-state index contributed by atoms with van der Waals surface area (Å²) in [7, 11) is 0. The Kier molecular flexibility index (Phi) is 2.62. The normalized spacial score (nSPS) is 15.3. The van der Waals surface area contributed by atoms with E-state index in [1.165, 1.54) is 0 Å². The van der Waals surface area contributed by atoms with Gasteiger partial charge in [-0.1, -0.05) is 0 Å². The molecule has 0 unspecified atom stereocenters. The molecule has 0 saturated heterocycles. The summed E-state index contributed by atoms with van der Waals surface area (Å²) in [6.07, 6.45) is 1.60. The fourth-order valence-corrected chi connectivity index (χ4v) is 1.42. The summed E-state index contributed by atoms with van der Waals surface area (Å²) in [6, 6.07) is 1.32. The number of halogens is 3. The van der Waals surface area contributed by atoms with Gasteiger partial charge in [0.25, 0.3) is 0 Å². The summed E-state index contributed by atoms with van der Waals surface area (Å²) >= 11 is 0. The Morgan fingerprint density at radius 3 is 2.47 bits per heavy atom. The molecule has 5 heteroatoms. The van der Waals surface area contributed by atoms with Crippen LogP contribution in [0.2, 0.25) is 0 Å². The van der Waals surface area contributed by atoms with Gasteiger partial charge in [-0.3, -0.25) is 4.99 Å². The second-order valence-corrected chi connectivity index (χ2v) is 3.30. The molecule has 15 heavy (non-hydrogen) atoms. The summed E-state index contributed by atoms with van der Waals surface area (Å²) in [6.45, 7) is 0.688. The minimum absolute atomic E-state index is 0.0745. The Hall–Kier alpha value is -1.52. The van der Waals surface area contributed by atoms with Crippen molar-refractivity contribution in [2.24, 2.45) is 4.99 Å². The van der Waals surface area contributed by atoms with E-state index in [2.05, 4.69) is 10.3 Å². The number of rotatable bonds is 1. The Bertz CT molecular complexity index is 415. The van der Waals surface area contributed by atoms with Gasteiger partial charge in [-0.25, -0.2) is 13.2 Å². The first-order chi connectivity index (χ1) is 7.16. The van der Waals surface area contributed by atoms with Gasteiger partial charge in [0.1, 0.15) is 11.7 Å². The molecule has 0 spiro atoms. The first-order valence-electron chi connectivity index (χ1n) is 4.62. The van der Waals surface area contributed by atoms with Crippen molar-refractivity contribution in [1.82, 2.24) is 0 Å². The van der Waals surface area contributed by atoms with Crippen LogP contribution in [-0.2, 0) is 0 Å². The Morgan fingerprint density at radius 1 is 1.07 bits per heavy atom. The van der Waals surface area contributed by atoms with E-state index >= 15 is 0 Å². The third-order valence-corrected chi connectivity index (χ3v) is 2.16. The summed E-state index contributed by atoms with van der Waals surface area (Å²) in [5, 5.41) is 2.65. The fraction of sp³-hybridized carbons (Fsp3) is 0.300. The van der Waals surface area contributed by atoms with Crippen LogP contribution >= 0.6 is 0 Å². The van der Waals surface area contributed by atoms with Crippen LogP contribution in [-0.4, -0.2) is 12.4 Å². The molecule has 0 bridgehead atoms. The lowest BCUT2D eigenvalue weighted by atomic mass is 10.2. The quantitative estimate of drug-likeness (QED) is 0.714. The zero-order valence-electron chi connectivity index (χ0n) is 7.86. The highest BCUT2D eigenvalue weighted by Gasteiger charge is 2.12. The molecule has 0 amide bonds. The summed E-state index contributed by atoms with van der Waals surface area (Å²) in [5.74, 6) is -2.47. The second-order valence-electron chi connectivity index (χ2n) is 3.30. The molecule has 1 aromatic carbocycles. The van der Waals surface area contributed by atoms with Crippen molar-refractivity contribution >= 4 is 11.5 Å². The number of hydrogen-bond acceptors (Lipinski definition) is 2. The molecule has 1 aromatic rings. The van der Waals surface area contributed by atoms with Crippen molar-refractivity contribution in [3.63, 3.8) is 0 Å². The van der Waals surface area contributed by atoms with Crippen LogP contribution in [0, 0.1) is 17.5 Å². The first kappa shape index (κ1) is 10.0. The monoisotopic (exact) mass is 214 g/mol. The third-order valence-electron chi connectivity index (χ3n) is 2.16. The van der Waals surface area contributed by atoms with E-state index in [4.69, 9.17) is 0 Å². The minimum Gasteiger partial charge on any atom is -0.342 e. The molecule has 0 radical (unpaired) electrons. The van der Waals surface area contributed by atoms with Crippen LogP contribution in [0.4, 0.5) is 18.9 Å². The molecule has 0 atom stereocenters. The molecular formula is C10H9F3N2. The molecule has 2 nitrogen and oxygen atoms in total. The lowest BCUT2D eigenvalue weighted by Crippen LogP contribution is -2.10. The molecule has 0 saturated carbocycles. The zero-order valence-corrected chi connectivity index (χ0v) is 7.86. The summed E-state index contributed by atoms with van der Waals surface area (Å²) < 4.78 is 38.6. The topological polar surface area (TPSA) is 24.4 Å². The predicted octanol–water partition coefficient (Wildman–Crippen LogP) is 2.71. The standard InChI is InChI=1S/C10H9F3N2/c11-6-4-8(13)9(5-7(6)12)15-10-2-1-3-14-10/h4-5H,1-3H2,(H,14,15). The van der Waals surface area contributed by atoms with Crippen LogP contribution in [0.5, 0.6) is 0 Å². The Morgan fingerprint density at radius 2 is 1.80 bits per heavy atom. The average molecular weight is 214 g/mol. The van der Waals surface area contributed by atoms with Gasteiger partial charge in [0.05, 0.1) is 5.69 Å².